The minimum absolute atomic E-state index is 0.418. The van der Waals surface area contributed by atoms with E-state index in [9.17, 15) is 0 Å². The van der Waals surface area contributed by atoms with Gasteiger partial charge in [0.15, 0.2) is 0 Å². The van der Waals surface area contributed by atoms with Gasteiger partial charge in [-0.25, -0.2) is 4.98 Å². The summed E-state index contributed by atoms with van der Waals surface area (Å²) >= 11 is 0. The summed E-state index contributed by atoms with van der Waals surface area (Å²) in [6.45, 7) is 6.39. The van der Waals surface area contributed by atoms with Gasteiger partial charge in [0.1, 0.15) is 11.6 Å². The fourth-order valence-electron chi connectivity index (χ4n) is 2.24. The number of rotatable bonds is 1. The molecule has 0 amide bonds. The van der Waals surface area contributed by atoms with E-state index in [-0.39, 0.29) is 0 Å². The summed E-state index contributed by atoms with van der Waals surface area (Å²) in [4.78, 5) is 9.01. The Morgan fingerprint density at radius 2 is 1.76 bits per heavy atom. The van der Waals surface area contributed by atoms with Crippen LogP contribution < -0.4 is 16.4 Å². The highest BCUT2D eigenvalue weighted by Gasteiger charge is 2.27. The maximum absolute atomic E-state index is 5.75. The molecule has 17 heavy (non-hydrogen) atoms. The van der Waals surface area contributed by atoms with Crippen molar-refractivity contribution in [3.8, 4) is 0 Å². The first-order valence-electron chi connectivity index (χ1n) is 5.98. The van der Waals surface area contributed by atoms with Gasteiger partial charge in [-0.3, -0.25) is 4.90 Å². The molecule has 2 unspecified atom stereocenters. The van der Waals surface area contributed by atoms with Crippen LogP contribution in [0.5, 0.6) is 0 Å². The number of piperazine rings is 1. The van der Waals surface area contributed by atoms with E-state index < -0.39 is 0 Å². The van der Waals surface area contributed by atoms with Gasteiger partial charge in [0.2, 0.25) is 0 Å². The Bertz CT molecular complexity index is 394. The van der Waals surface area contributed by atoms with E-state index in [1.807, 2.05) is 12.1 Å². The molecule has 5 heteroatoms. The quantitative estimate of drug-likeness (QED) is 0.752. The third kappa shape index (κ3) is 2.29. The fraction of sp³-hybridized carbons (Fsp3) is 0.583. The highest BCUT2D eigenvalue weighted by molar-refractivity contribution is 5.62. The number of nitrogens with two attached hydrogens (primary N) is 2. The molecule has 0 aromatic carbocycles. The first kappa shape index (κ1) is 12.0. The Labute approximate surface area is 102 Å². The summed E-state index contributed by atoms with van der Waals surface area (Å²) in [6, 6.07) is 4.79. The highest BCUT2D eigenvalue weighted by Crippen LogP contribution is 2.22. The summed E-state index contributed by atoms with van der Waals surface area (Å²) in [5, 5.41) is 0. The first-order chi connectivity index (χ1) is 7.99. The first-order valence-corrected chi connectivity index (χ1v) is 5.98. The minimum Gasteiger partial charge on any atom is -0.396 e. The van der Waals surface area contributed by atoms with Gasteiger partial charge in [0.05, 0.1) is 5.69 Å². The van der Waals surface area contributed by atoms with Gasteiger partial charge < -0.3 is 16.4 Å². The molecule has 2 heterocycles. The predicted octanol–water partition coefficient (Wildman–Crippen LogP) is 0.775. The van der Waals surface area contributed by atoms with Crippen LogP contribution >= 0.6 is 0 Å². The largest absolute Gasteiger partial charge is 0.396 e. The number of likely N-dealkylation sites (N-methyl/N-ethyl adjacent to an activating group) is 1. The maximum Gasteiger partial charge on any atom is 0.149 e. The van der Waals surface area contributed by atoms with Crippen LogP contribution in [0.15, 0.2) is 12.1 Å². The summed E-state index contributed by atoms with van der Waals surface area (Å²) < 4.78 is 0. The Hall–Kier alpha value is -1.49. The van der Waals surface area contributed by atoms with Crippen molar-refractivity contribution in [1.29, 1.82) is 0 Å². The Kier molecular flexibility index (Phi) is 3.11. The molecule has 4 N–H and O–H groups in total. The van der Waals surface area contributed by atoms with Gasteiger partial charge in [0.25, 0.3) is 0 Å². The normalized spacial score (nSPS) is 26.2. The lowest BCUT2D eigenvalue weighted by Crippen LogP contribution is -2.55. The third-order valence-electron chi connectivity index (χ3n) is 3.63. The van der Waals surface area contributed by atoms with Crippen molar-refractivity contribution in [1.82, 2.24) is 9.88 Å². The van der Waals surface area contributed by atoms with E-state index in [0.29, 0.717) is 23.6 Å². The zero-order valence-electron chi connectivity index (χ0n) is 10.7. The lowest BCUT2D eigenvalue weighted by molar-refractivity contribution is 0.169. The number of nitrogen functional groups attached to an aromatic ring is 2. The van der Waals surface area contributed by atoms with Crippen LogP contribution in [0.1, 0.15) is 13.8 Å². The smallest absolute Gasteiger partial charge is 0.149 e. The van der Waals surface area contributed by atoms with Crippen molar-refractivity contribution in [2.75, 3.05) is 36.5 Å². The summed E-state index contributed by atoms with van der Waals surface area (Å²) in [7, 11) is 2.16. The van der Waals surface area contributed by atoms with Crippen LogP contribution in [-0.2, 0) is 0 Å². The average Bonchev–Trinajstić information content (AvgIpc) is 2.29. The molecular formula is C12H21N5. The summed E-state index contributed by atoms with van der Waals surface area (Å²) in [5.41, 5.74) is 12.0. The summed E-state index contributed by atoms with van der Waals surface area (Å²) in [6.07, 6.45) is 0. The van der Waals surface area contributed by atoms with Gasteiger partial charge in [-0.1, -0.05) is 0 Å². The molecule has 1 saturated heterocycles. The van der Waals surface area contributed by atoms with Crippen molar-refractivity contribution in [3.05, 3.63) is 12.1 Å². The number of hydrogen-bond acceptors (Lipinski definition) is 5. The van der Waals surface area contributed by atoms with Crippen LogP contribution in [-0.4, -0.2) is 42.1 Å². The zero-order chi connectivity index (χ0) is 12.6. The number of pyridine rings is 1. The Morgan fingerprint density at radius 3 is 2.29 bits per heavy atom. The fourth-order valence-corrected chi connectivity index (χ4v) is 2.24. The van der Waals surface area contributed by atoms with E-state index >= 15 is 0 Å². The topological polar surface area (TPSA) is 71.4 Å². The molecule has 0 bridgehead atoms. The zero-order valence-corrected chi connectivity index (χ0v) is 10.7. The standard InChI is InChI=1S/C12H21N5/c1-8-6-17(7-9(2)16(8)3)11-5-4-10(13)12(14)15-11/h4-5,8-9H,6-7,13H2,1-3H3,(H2,14,15). The number of anilines is 3. The second-order valence-electron chi connectivity index (χ2n) is 4.91. The third-order valence-corrected chi connectivity index (χ3v) is 3.63. The molecule has 0 aliphatic carbocycles. The van der Waals surface area contributed by atoms with Crippen LogP contribution in [0, 0.1) is 0 Å². The van der Waals surface area contributed by atoms with Crippen LogP contribution in [0.3, 0.4) is 0 Å². The van der Waals surface area contributed by atoms with Gasteiger partial charge in [-0.2, -0.15) is 0 Å². The molecule has 5 nitrogen and oxygen atoms in total. The van der Waals surface area contributed by atoms with Crippen LogP contribution in [0.4, 0.5) is 17.3 Å². The van der Waals surface area contributed by atoms with Gasteiger partial charge in [-0.05, 0) is 33.0 Å². The van der Waals surface area contributed by atoms with E-state index in [0.717, 1.165) is 18.9 Å². The predicted molar refractivity (Wildman–Crippen MR) is 72.0 cm³/mol. The lowest BCUT2D eigenvalue weighted by atomic mass is 10.1. The van der Waals surface area contributed by atoms with Gasteiger partial charge in [0, 0.05) is 25.2 Å². The van der Waals surface area contributed by atoms with Crippen LogP contribution in [0.2, 0.25) is 0 Å². The molecule has 1 aromatic rings. The molecule has 1 aromatic heterocycles. The van der Waals surface area contributed by atoms with E-state index in [1.165, 1.54) is 0 Å². The summed E-state index contributed by atoms with van der Waals surface area (Å²) in [5.74, 6) is 1.34. The molecule has 1 fully saturated rings. The lowest BCUT2D eigenvalue weighted by Gasteiger charge is -2.43. The Morgan fingerprint density at radius 1 is 1.18 bits per heavy atom. The van der Waals surface area contributed by atoms with Crippen molar-refractivity contribution in [2.45, 2.75) is 25.9 Å². The second-order valence-corrected chi connectivity index (χ2v) is 4.91. The monoisotopic (exact) mass is 235 g/mol. The van der Waals surface area contributed by atoms with E-state index in [1.54, 1.807) is 0 Å². The van der Waals surface area contributed by atoms with Crippen molar-refractivity contribution >= 4 is 17.3 Å². The molecule has 2 rings (SSSR count). The molecule has 1 aliphatic rings. The average molecular weight is 235 g/mol. The molecule has 0 spiro atoms. The van der Waals surface area contributed by atoms with E-state index in [4.69, 9.17) is 11.5 Å². The number of hydrogen-bond donors (Lipinski definition) is 2. The van der Waals surface area contributed by atoms with E-state index in [2.05, 4.69) is 35.7 Å². The highest BCUT2D eigenvalue weighted by atomic mass is 15.3. The second kappa shape index (κ2) is 4.41. The number of aromatic nitrogens is 1. The Balaban J connectivity index is 2.20. The molecule has 0 radical (unpaired) electrons. The number of nitrogens with zero attached hydrogens (tertiary/aromatic N) is 3. The van der Waals surface area contributed by atoms with Crippen molar-refractivity contribution in [2.24, 2.45) is 0 Å². The molecule has 2 atom stereocenters. The SMILES string of the molecule is CC1CN(c2ccc(N)c(N)n2)CC(C)N1C. The molecule has 0 saturated carbocycles. The van der Waals surface area contributed by atoms with Crippen LogP contribution in [0.25, 0.3) is 0 Å². The van der Waals surface area contributed by atoms with Crippen molar-refractivity contribution < 1.29 is 0 Å². The van der Waals surface area contributed by atoms with Crippen molar-refractivity contribution in [3.63, 3.8) is 0 Å². The molecular weight excluding hydrogens is 214 g/mol. The molecule has 1 aliphatic heterocycles. The maximum atomic E-state index is 5.75. The van der Waals surface area contributed by atoms with Gasteiger partial charge in [-0.15, -0.1) is 0 Å². The minimum atomic E-state index is 0.418. The van der Waals surface area contributed by atoms with Gasteiger partial charge >= 0.3 is 0 Å². The molecule has 94 valence electrons.